The molecule has 3 nitrogen and oxygen atoms in total. The Hall–Kier alpha value is -0.700. The van der Waals surface area contributed by atoms with Crippen molar-refractivity contribution < 1.29 is 18.2 Å². The van der Waals surface area contributed by atoms with Crippen LogP contribution in [0.25, 0.3) is 0 Å². The molecule has 12 heavy (non-hydrogen) atoms. The summed E-state index contributed by atoms with van der Waals surface area (Å²) < 4.78 is 26.1. The average molecular weight is 190 g/mol. The van der Waals surface area contributed by atoms with Crippen molar-refractivity contribution in [2.75, 3.05) is 0 Å². The van der Waals surface area contributed by atoms with E-state index in [4.69, 9.17) is 4.89 Å². The predicted molar refractivity (Wildman–Crippen MR) is 42.2 cm³/mol. The molecule has 1 aromatic rings. The first kappa shape index (κ1) is 9.39. The van der Waals surface area contributed by atoms with Gasteiger partial charge in [0.15, 0.2) is 0 Å². The van der Waals surface area contributed by atoms with Crippen molar-refractivity contribution in [3.63, 3.8) is 0 Å². The Labute approximate surface area is 69.5 Å². The molecule has 0 aliphatic carbocycles. The zero-order chi connectivity index (χ0) is 9.03. The molecule has 0 amide bonds. The third-order valence-corrected chi connectivity index (χ3v) is 1.68. The maximum Gasteiger partial charge on any atom is 0.510 e. The van der Waals surface area contributed by atoms with Crippen molar-refractivity contribution in [2.24, 2.45) is 0 Å². The summed E-state index contributed by atoms with van der Waals surface area (Å²) in [6.45, 7) is -0.189. The lowest BCUT2D eigenvalue weighted by Crippen LogP contribution is -1.87. The van der Waals surface area contributed by atoms with Crippen LogP contribution in [0, 0.1) is 0 Å². The Morgan fingerprint density at radius 1 is 1.42 bits per heavy atom. The first-order valence-electron chi connectivity index (χ1n) is 3.29. The summed E-state index contributed by atoms with van der Waals surface area (Å²) in [7, 11) is -4.83. The van der Waals surface area contributed by atoms with Crippen LogP contribution in [0.15, 0.2) is 30.3 Å². The molecule has 1 rings (SSSR count). The van der Waals surface area contributed by atoms with Crippen molar-refractivity contribution in [2.45, 2.75) is 6.61 Å². The van der Waals surface area contributed by atoms with E-state index in [0.717, 1.165) is 0 Å². The van der Waals surface area contributed by atoms with Crippen LogP contribution in [-0.2, 0) is 15.7 Å². The molecule has 5 heteroatoms. The normalized spacial score (nSPS) is 15.5. The molecule has 0 saturated carbocycles. The standard InChI is InChI=1S/C7H8FO3P/c8-12(9,10)11-6-7-4-2-1-3-5-7/h1-5H,6H2,(H,9,10). The molecule has 0 aliphatic rings. The van der Waals surface area contributed by atoms with Gasteiger partial charge in [-0.3, -0.25) is 9.42 Å². The molecular weight excluding hydrogens is 182 g/mol. The van der Waals surface area contributed by atoms with Crippen molar-refractivity contribution in [1.29, 1.82) is 0 Å². The van der Waals surface area contributed by atoms with Gasteiger partial charge in [-0.15, -0.1) is 4.20 Å². The van der Waals surface area contributed by atoms with Gasteiger partial charge in [-0.1, -0.05) is 30.3 Å². The van der Waals surface area contributed by atoms with E-state index in [-0.39, 0.29) is 6.61 Å². The molecule has 0 fully saturated rings. The minimum atomic E-state index is -4.83. The molecule has 66 valence electrons. The van der Waals surface area contributed by atoms with Crippen LogP contribution in [0.4, 0.5) is 4.20 Å². The molecule has 0 saturated heterocycles. The highest BCUT2D eigenvalue weighted by molar-refractivity contribution is 7.46. The van der Waals surface area contributed by atoms with Crippen LogP contribution < -0.4 is 0 Å². The molecule has 0 radical (unpaired) electrons. The van der Waals surface area contributed by atoms with E-state index in [1.165, 1.54) is 0 Å². The maximum absolute atomic E-state index is 12.0. The first-order valence-corrected chi connectivity index (χ1v) is 4.76. The van der Waals surface area contributed by atoms with Gasteiger partial charge >= 0.3 is 7.91 Å². The number of rotatable bonds is 3. The highest BCUT2D eigenvalue weighted by Crippen LogP contribution is 2.43. The maximum atomic E-state index is 12.0. The van der Waals surface area contributed by atoms with E-state index >= 15 is 0 Å². The number of hydrogen-bond donors (Lipinski definition) is 1. The summed E-state index contributed by atoms with van der Waals surface area (Å²) in [5.41, 5.74) is 0.657. The Morgan fingerprint density at radius 3 is 2.50 bits per heavy atom. The van der Waals surface area contributed by atoms with Gasteiger partial charge < -0.3 is 0 Å². The van der Waals surface area contributed by atoms with Gasteiger partial charge in [-0.05, 0) is 5.56 Å². The Kier molecular flexibility index (Phi) is 2.98. The van der Waals surface area contributed by atoms with Crippen LogP contribution in [0.2, 0.25) is 0 Å². The smallest absolute Gasteiger partial charge is 0.299 e. The van der Waals surface area contributed by atoms with Gasteiger partial charge in [0.25, 0.3) is 0 Å². The highest BCUT2D eigenvalue weighted by Gasteiger charge is 2.16. The molecule has 0 spiro atoms. The van der Waals surface area contributed by atoms with E-state index in [1.54, 1.807) is 30.3 Å². The number of halogens is 1. The van der Waals surface area contributed by atoms with Crippen LogP contribution in [-0.4, -0.2) is 4.89 Å². The average Bonchev–Trinajstić information content (AvgIpc) is 2.02. The lowest BCUT2D eigenvalue weighted by atomic mass is 10.2. The van der Waals surface area contributed by atoms with Gasteiger partial charge in [-0.25, -0.2) is 4.57 Å². The van der Waals surface area contributed by atoms with Gasteiger partial charge in [0.05, 0.1) is 6.61 Å². The third kappa shape index (κ3) is 3.62. The third-order valence-electron chi connectivity index (χ3n) is 1.23. The van der Waals surface area contributed by atoms with Crippen LogP contribution in [0.3, 0.4) is 0 Å². The van der Waals surface area contributed by atoms with E-state index in [0.29, 0.717) is 5.56 Å². The van der Waals surface area contributed by atoms with Gasteiger partial charge in [0.1, 0.15) is 0 Å². The van der Waals surface area contributed by atoms with Crippen LogP contribution >= 0.6 is 7.91 Å². The van der Waals surface area contributed by atoms with Crippen molar-refractivity contribution in [3.8, 4) is 0 Å². The minimum Gasteiger partial charge on any atom is -0.299 e. The fourth-order valence-corrected chi connectivity index (χ4v) is 1.04. The lowest BCUT2D eigenvalue weighted by Gasteiger charge is -2.02. The van der Waals surface area contributed by atoms with E-state index < -0.39 is 7.91 Å². The molecule has 0 heterocycles. The highest BCUT2D eigenvalue weighted by atomic mass is 31.2. The number of hydrogen-bond acceptors (Lipinski definition) is 2. The Balaban J connectivity index is 2.50. The van der Waals surface area contributed by atoms with Crippen molar-refractivity contribution in [1.82, 2.24) is 0 Å². The Morgan fingerprint density at radius 2 is 2.00 bits per heavy atom. The second-order valence-corrected chi connectivity index (χ2v) is 3.37. The fourth-order valence-electron chi connectivity index (χ4n) is 0.728. The van der Waals surface area contributed by atoms with Crippen molar-refractivity contribution in [3.05, 3.63) is 35.9 Å². The Bertz CT molecular complexity index is 282. The lowest BCUT2D eigenvalue weighted by molar-refractivity contribution is 0.218. The van der Waals surface area contributed by atoms with E-state index in [2.05, 4.69) is 4.52 Å². The van der Waals surface area contributed by atoms with Crippen molar-refractivity contribution >= 4 is 7.91 Å². The van der Waals surface area contributed by atoms with E-state index in [1.807, 2.05) is 0 Å². The zero-order valence-electron chi connectivity index (χ0n) is 6.18. The number of benzene rings is 1. The van der Waals surface area contributed by atoms with Crippen LogP contribution in [0.5, 0.6) is 0 Å². The molecule has 1 aromatic carbocycles. The fraction of sp³-hybridized carbons (Fsp3) is 0.143. The molecule has 1 unspecified atom stereocenters. The first-order chi connectivity index (χ1) is 5.58. The minimum absolute atomic E-state index is 0.189. The second-order valence-electron chi connectivity index (χ2n) is 2.21. The van der Waals surface area contributed by atoms with Gasteiger partial charge in [0, 0.05) is 0 Å². The SMILES string of the molecule is O=P(O)(F)OCc1ccccc1. The molecule has 1 atom stereocenters. The summed E-state index contributed by atoms with van der Waals surface area (Å²) in [5, 5.41) is 0. The largest absolute Gasteiger partial charge is 0.510 e. The van der Waals surface area contributed by atoms with E-state index in [9.17, 15) is 8.76 Å². The molecule has 0 aromatic heterocycles. The molecule has 0 bridgehead atoms. The summed E-state index contributed by atoms with van der Waals surface area (Å²) in [6.07, 6.45) is 0. The second kappa shape index (κ2) is 3.81. The monoisotopic (exact) mass is 190 g/mol. The van der Waals surface area contributed by atoms with Crippen LogP contribution in [0.1, 0.15) is 5.56 Å². The quantitative estimate of drug-likeness (QED) is 0.743. The molecular formula is C7H8FO3P. The molecule has 0 aliphatic heterocycles. The summed E-state index contributed by atoms with van der Waals surface area (Å²) >= 11 is 0. The summed E-state index contributed by atoms with van der Waals surface area (Å²) in [5.74, 6) is 0. The molecule has 1 N–H and O–H groups in total. The predicted octanol–water partition coefficient (Wildman–Crippen LogP) is 2.27. The topological polar surface area (TPSA) is 46.5 Å². The zero-order valence-corrected chi connectivity index (χ0v) is 7.08. The summed E-state index contributed by atoms with van der Waals surface area (Å²) in [4.78, 5) is 8.15. The van der Waals surface area contributed by atoms with Gasteiger partial charge in [-0.2, -0.15) is 0 Å². The van der Waals surface area contributed by atoms with Gasteiger partial charge in [0.2, 0.25) is 0 Å². The summed E-state index contributed by atoms with van der Waals surface area (Å²) in [6, 6.07) is 8.61.